The Morgan fingerprint density at radius 2 is 2.10 bits per heavy atom. The predicted octanol–water partition coefficient (Wildman–Crippen LogP) is 3.19. The van der Waals surface area contributed by atoms with Crippen molar-refractivity contribution in [2.45, 2.75) is 51.1 Å². The summed E-state index contributed by atoms with van der Waals surface area (Å²) in [7, 11) is 0. The second-order valence-corrected chi connectivity index (χ2v) is 6.35. The number of hydrogen-bond acceptors (Lipinski definition) is 2. The fraction of sp³-hybridized carbons (Fsp3) is 0.579. The zero-order valence-electron chi connectivity index (χ0n) is 12.7. The highest BCUT2D eigenvalue weighted by Gasteiger charge is 2.35. The van der Waals surface area contributed by atoms with Crippen LogP contribution >= 0.6 is 0 Å². The lowest BCUT2D eigenvalue weighted by molar-refractivity contribution is 0.176. The molecule has 1 N–H and O–H groups in total. The van der Waals surface area contributed by atoms with Crippen LogP contribution in [0.25, 0.3) is 0 Å². The first kappa shape index (κ1) is 14.6. The zero-order valence-corrected chi connectivity index (χ0v) is 12.7. The van der Waals surface area contributed by atoms with E-state index in [2.05, 4.69) is 41.0 Å². The summed E-state index contributed by atoms with van der Waals surface area (Å²) in [5, 5.41) is 8.79. The van der Waals surface area contributed by atoms with Crippen molar-refractivity contribution in [2.24, 2.45) is 5.92 Å². The van der Waals surface area contributed by atoms with E-state index < -0.39 is 0 Å². The molecule has 0 amide bonds. The van der Waals surface area contributed by atoms with E-state index in [4.69, 9.17) is 5.11 Å². The van der Waals surface area contributed by atoms with Crippen molar-refractivity contribution in [3.8, 4) is 11.8 Å². The highest BCUT2D eigenvalue weighted by atomic mass is 16.2. The average molecular weight is 283 g/mol. The first-order chi connectivity index (χ1) is 10.4. The lowest BCUT2D eigenvalue weighted by Crippen LogP contribution is -2.34. The first-order valence-electron chi connectivity index (χ1n) is 8.29. The van der Waals surface area contributed by atoms with Crippen LogP contribution in [0.3, 0.4) is 0 Å². The van der Waals surface area contributed by atoms with Crippen LogP contribution in [0.4, 0.5) is 0 Å². The number of aliphatic hydroxyl groups is 1. The van der Waals surface area contributed by atoms with E-state index in [0.29, 0.717) is 6.42 Å². The Balaban J connectivity index is 1.65. The number of hydrogen-bond donors (Lipinski definition) is 1. The van der Waals surface area contributed by atoms with Gasteiger partial charge < -0.3 is 5.11 Å². The molecule has 21 heavy (non-hydrogen) atoms. The molecule has 1 aliphatic carbocycles. The van der Waals surface area contributed by atoms with Crippen molar-refractivity contribution in [3.63, 3.8) is 0 Å². The van der Waals surface area contributed by atoms with Crippen LogP contribution in [0.15, 0.2) is 24.3 Å². The Kier molecular flexibility index (Phi) is 4.95. The van der Waals surface area contributed by atoms with Gasteiger partial charge in [0.05, 0.1) is 6.61 Å². The topological polar surface area (TPSA) is 23.5 Å². The molecular formula is C19H25NO. The van der Waals surface area contributed by atoms with Gasteiger partial charge in [-0.05, 0) is 49.4 Å². The van der Waals surface area contributed by atoms with Crippen molar-refractivity contribution >= 4 is 0 Å². The Labute approximate surface area is 128 Å². The summed E-state index contributed by atoms with van der Waals surface area (Å²) < 4.78 is 0. The minimum Gasteiger partial charge on any atom is -0.395 e. The third-order valence-electron chi connectivity index (χ3n) is 4.91. The van der Waals surface area contributed by atoms with E-state index in [1.54, 1.807) is 0 Å². The predicted molar refractivity (Wildman–Crippen MR) is 85.8 cm³/mol. The molecule has 112 valence electrons. The maximum Gasteiger partial charge on any atom is 0.0540 e. The number of benzene rings is 1. The van der Waals surface area contributed by atoms with Crippen molar-refractivity contribution in [1.29, 1.82) is 0 Å². The molecule has 1 aromatic carbocycles. The Morgan fingerprint density at radius 3 is 3.00 bits per heavy atom. The Bertz CT molecular complexity index is 528. The van der Waals surface area contributed by atoms with Gasteiger partial charge in [-0.3, -0.25) is 4.90 Å². The minimum absolute atomic E-state index is 0.142. The van der Waals surface area contributed by atoms with E-state index in [-0.39, 0.29) is 6.61 Å². The summed E-state index contributed by atoms with van der Waals surface area (Å²) in [6, 6.07) is 9.41. The second-order valence-electron chi connectivity index (χ2n) is 6.35. The van der Waals surface area contributed by atoms with Gasteiger partial charge in [0.1, 0.15) is 0 Å². The van der Waals surface area contributed by atoms with Crippen molar-refractivity contribution in [2.75, 3.05) is 13.2 Å². The van der Waals surface area contributed by atoms with Crippen LogP contribution in [-0.2, 0) is 6.54 Å². The summed E-state index contributed by atoms with van der Waals surface area (Å²) in [5.74, 6) is 7.09. The lowest BCUT2D eigenvalue weighted by Gasteiger charge is -2.31. The van der Waals surface area contributed by atoms with Gasteiger partial charge in [0.2, 0.25) is 0 Å². The molecule has 2 nitrogen and oxygen atoms in total. The van der Waals surface area contributed by atoms with Gasteiger partial charge in [0.25, 0.3) is 0 Å². The molecule has 0 bridgehead atoms. The molecule has 2 heteroatoms. The Morgan fingerprint density at radius 1 is 1.19 bits per heavy atom. The highest BCUT2D eigenvalue weighted by Crippen LogP contribution is 2.36. The molecule has 1 aromatic rings. The van der Waals surface area contributed by atoms with Gasteiger partial charge in [0.15, 0.2) is 0 Å². The quantitative estimate of drug-likeness (QED) is 0.861. The van der Waals surface area contributed by atoms with Crippen molar-refractivity contribution in [3.05, 3.63) is 35.4 Å². The summed E-state index contributed by atoms with van der Waals surface area (Å²) in [4.78, 5) is 2.68. The SMILES string of the molecule is OCCC#Cc1cccc(CN2CCC3CCCCC32)c1. The number of aliphatic hydroxyl groups excluding tert-OH is 1. The summed E-state index contributed by atoms with van der Waals surface area (Å²) in [5.41, 5.74) is 2.44. The van der Waals surface area contributed by atoms with Crippen LogP contribution in [0.2, 0.25) is 0 Å². The number of likely N-dealkylation sites (tertiary alicyclic amines) is 1. The number of fused-ring (bicyclic) bond motifs is 1. The van der Waals surface area contributed by atoms with E-state index in [9.17, 15) is 0 Å². The third-order valence-corrected chi connectivity index (χ3v) is 4.91. The van der Waals surface area contributed by atoms with Crippen LogP contribution in [0, 0.1) is 17.8 Å². The molecule has 0 spiro atoms. The third kappa shape index (κ3) is 3.67. The van der Waals surface area contributed by atoms with E-state index in [0.717, 1.165) is 24.1 Å². The molecule has 3 rings (SSSR count). The molecule has 2 atom stereocenters. The lowest BCUT2D eigenvalue weighted by atomic mass is 9.85. The molecule has 1 aliphatic heterocycles. The standard InChI is InChI=1S/C19H25NO/c21-13-4-3-6-16-7-5-8-17(14-16)15-20-12-11-18-9-1-2-10-19(18)20/h5,7-8,14,18-19,21H,1-2,4,9-13,15H2. The average Bonchev–Trinajstić information content (AvgIpc) is 2.91. The van der Waals surface area contributed by atoms with Crippen molar-refractivity contribution < 1.29 is 5.11 Å². The van der Waals surface area contributed by atoms with E-state index in [1.165, 1.54) is 44.2 Å². The second kappa shape index (κ2) is 7.11. The summed E-state index contributed by atoms with van der Waals surface area (Å²) in [6.45, 7) is 2.47. The summed E-state index contributed by atoms with van der Waals surface area (Å²) >= 11 is 0. The number of rotatable bonds is 3. The fourth-order valence-corrected chi connectivity index (χ4v) is 3.90. The molecule has 1 saturated heterocycles. The van der Waals surface area contributed by atoms with E-state index in [1.807, 2.05) is 0 Å². The molecule has 0 radical (unpaired) electrons. The normalized spacial score (nSPS) is 25.2. The van der Waals surface area contributed by atoms with Crippen LogP contribution < -0.4 is 0 Å². The fourth-order valence-electron chi connectivity index (χ4n) is 3.90. The van der Waals surface area contributed by atoms with Gasteiger partial charge in [-0.1, -0.05) is 36.8 Å². The smallest absolute Gasteiger partial charge is 0.0540 e. The first-order valence-corrected chi connectivity index (χ1v) is 8.29. The molecule has 2 unspecified atom stereocenters. The largest absolute Gasteiger partial charge is 0.395 e. The van der Waals surface area contributed by atoms with Gasteiger partial charge >= 0.3 is 0 Å². The van der Waals surface area contributed by atoms with Crippen LogP contribution in [0.5, 0.6) is 0 Å². The van der Waals surface area contributed by atoms with Crippen LogP contribution in [-0.4, -0.2) is 29.2 Å². The Hall–Kier alpha value is -1.30. The molecular weight excluding hydrogens is 258 g/mol. The van der Waals surface area contributed by atoms with Gasteiger partial charge in [-0.2, -0.15) is 0 Å². The summed E-state index contributed by atoms with van der Waals surface area (Å²) in [6.07, 6.45) is 7.62. The monoisotopic (exact) mass is 283 g/mol. The van der Waals surface area contributed by atoms with Gasteiger partial charge in [-0.15, -0.1) is 0 Å². The van der Waals surface area contributed by atoms with Crippen molar-refractivity contribution in [1.82, 2.24) is 4.90 Å². The van der Waals surface area contributed by atoms with E-state index >= 15 is 0 Å². The molecule has 2 aliphatic rings. The van der Waals surface area contributed by atoms with Crippen LogP contribution in [0.1, 0.15) is 49.7 Å². The minimum atomic E-state index is 0.142. The molecule has 0 aromatic heterocycles. The molecule has 1 heterocycles. The number of nitrogens with zero attached hydrogens (tertiary/aromatic N) is 1. The zero-order chi connectivity index (χ0) is 14.5. The molecule has 2 fully saturated rings. The van der Waals surface area contributed by atoms with Gasteiger partial charge in [-0.25, -0.2) is 0 Å². The maximum atomic E-state index is 8.79. The molecule has 1 saturated carbocycles. The highest BCUT2D eigenvalue weighted by molar-refractivity contribution is 5.37. The van der Waals surface area contributed by atoms with Gasteiger partial charge in [0, 0.05) is 24.6 Å². The maximum absolute atomic E-state index is 8.79.